The molecule has 23 heavy (non-hydrogen) atoms. The van der Waals surface area contributed by atoms with E-state index in [1.807, 2.05) is 0 Å². The van der Waals surface area contributed by atoms with Gasteiger partial charge in [-0.2, -0.15) is 27.7 Å². The van der Waals surface area contributed by atoms with Crippen LogP contribution in [0.1, 0.15) is 66.5 Å². The van der Waals surface area contributed by atoms with Gasteiger partial charge in [0.05, 0.1) is 0 Å². The van der Waals surface area contributed by atoms with Crippen LogP contribution in [0, 0.1) is 26.7 Å². The summed E-state index contributed by atoms with van der Waals surface area (Å²) in [5, 5.41) is 0. The molecular formula is C20H34V3-2. The fraction of sp³-hybridized carbons (Fsp3) is 0.500. The topological polar surface area (TPSA) is 0 Å². The van der Waals surface area contributed by atoms with Gasteiger partial charge in [-0.15, -0.1) is 10.8 Å². The zero-order valence-electron chi connectivity index (χ0n) is 16.7. The first-order chi connectivity index (χ1) is 8.10. The molecule has 0 nitrogen and oxygen atoms in total. The van der Waals surface area contributed by atoms with Crippen molar-refractivity contribution in [3.63, 3.8) is 0 Å². The molecule has 0 amide bonds. The predicted molar refractivity (Wildman–Crippen MR) is 94.5 cm³/mol. The summed E-state index contributed by atoms with van der Waals surface area (Å²) in [5.74, 6) is 2.90. The molecule has 0 fully saturated rings. The van der Waals surface area contributed by atoms with E-state index in [1.165, 1.54) is 23.0 Å². The summed E-state index contributed by atoms with van der Waals surface area (Å²) < 4.78 is 0. The Morgan fingerprint density at radius 1 is 0.609 bits per heavy atom. The molecular weight excluding hydrogens is 393 g/mol. The van der Waals surface area contributed by atoms with E-state index in [1.54, 1.807) is 0 Å². The Morgan fingerprint density at radius 3 is 0.913 bits per heavy atom. The molecule has 0 aliphatic carbocycles. The third-order valence-corrected chi connectivity index (χ3v) is 4.83. The number of hydrogen-bond donors (Lipinski definition) is 0. The van der Waals surface area contributed by atoms with Crippen LogP contribution in [0.3, 0.4) is 0 Å². The Bertz CT molecular complexity index is 351. The second kappa shape index (κ2) is 13.2. The van der Waals surface area contributed by atoms with E-state index in [0.717, 1.165) is 0 Å². The standard InChI is InChI=1S/C18H28.2CH3.3V/c1-13(2)17(5,6)15-9-11-16(12-10-15)18(7,8)14(3)4;;;;;/h9-12H,1-8H3;2*1H3;;;/q-2;2*-1;;;+2. The summed E-state index contributed by atoms with van der Waals surface area (Å²) in [7, 11) is 0. The number of rotatable bonds is 4. The molecule has 1 aromatic rings. The van der Waals surface area contributed by atoms with Crippen molar-refractivity contribution in [2.45, 2.75) is 66.2 Å². The van der Waals surface area contributed by atoms with Gasteiger partial charge in [0.2, 0.25) is 0 Å². The van der Waals surface area contributed by atoms with Crippen LogP contribution in [0.25, 0.3) is 0 Å². The normalized spacial score (nSPS) is 10.5. The van der Waals surface area contributed by atoms with E-state index < -0.39 is 0 Å². The van der Waals surface area contributed by atoms with E-state index in [-0.39, 0.29) is 81.4 Å². The minimum Gasteiger partial charge on any atom is -0.358 e. The molecule has 0 aliphatic heterocycles. The summed E-state index contributed by atoms with van der Waals surface area (Å²) in [6.45, 7) is 18.0. The van der Waals surface area contributed by atoms with Gasteiger partial charge in [0.25, 0.3) is 0 Å². The molecule has 0 aliphatic rings. The Labute approximate surface area is 183 Å². The monoisotopic (exact) mass is 427 g/mol. The van der Waals surface area contributed by atoms with Gasteiger partial charge in [-0.05, 0) is 0 Å². The van der Waals surface area contributed by atoms with E-state index in [2.05, 4.69) is 79.7 Å². The quantitative estimate of drug-likeness (QED) is 0.491. The maximum absolute atomic E-state index is 2.29. The first-order valence-electron chi connectivity index (χ1n) is 6.82. The van der Waals surface area contributed by atoms with Gasteiger partial charge < -0.3 is 26.7 Å². The van der Waals surface area contributed by atoms with E-state index >= 15 is 0 Å². The summed E-state index contributed by atoms with van der Waals surface area (Å²) >= 11 is 0. The summed E-state index contributed by atoms with van der Waals surface area (Å²) in [5.41, 5.74) is 3.12. The molecule has 0 aromatic heterocycles. The molecule has 0 saturated heterocycles. The van der Waals surface area contributed by atoms with Crippen molar-refractivity contribution in [3.8, 4) is 0 Å². The van der Waals surface area contributed by atoms with Gasteiger partial charge >= 0.3 is 18.6 Å². The largest absolute Gasteiger partial charge is 2.00 e. The van der Waals surface area contributed by atoms with Gasteiger partial charge in [-0.3, -0.25) is 0 Å². The maximum Gasteiger partial charge on any atom is 2.00 e. The molecule has 1 aromatic carbocycles. The SMILES string of the molecule is C[C-](C)C(C)(C)c1ccc(C(C)(C)[C-](C)C)cc1.[CH3-].[CH3-].[V+2].[V].[V]. The molecule has 131 valence electrons. The van der Waals surface area contributed by atoms with Crippen LogP contribution >= 0.6 is 0 Å². The second-order valence-electron chi connectivity index (χ2n) is 6.83. The molecule has 0 bridgehead atoms. The molecule has 0 spiro atoms. The van der Waals surface area contributed by atoms with Crippen molar-refractivity contribution < 1.29 is 55.7 Å². The molecule has 3 heteroatoms. The van der Waals surface area contributed by atoms with Crippen LogP contribution < -0.4 is 0 Å². The first kappa shape index (κ1) is 35.1. The molecule has 0 heterocycles. The zero-order chi connectivity index (χ0) is 14.1. The smallest absolute Gasteiger partial charge is 0.358 e. The summed E-state index contributed by atoms with van der Waals surface area (Å²) in [4.78, 5) is 0. The Balaban J connectivity index is -0.000000216. The van der Waals surface area contributed by atoms with Gasteiger partial charge in [0, 0.05) is 37.1 Å². The average Bonchev–Trinajstić information content (AvgIpc) is 2.28. The Kier molecular flexibility index (Phi) is 20.2. The Hall–Kier alpha value is 0.973. The van der Waals surface area contributed by atoms with Crippen LogP contribution in [-0.2, 0) is 66.5 Å². The minimum atomic E-state index is 0. The number of hydrogen-bond acceptors (Lipinski definition) is 0. The summed E-state index contributed by atoms with van der Waals surface area (Å²) in [6.07, 6.45) is 0. The van der Waals surface area contributed by atoms with E-state index in [0.29, 0.717) is 0 Å². The maximum atomic E-state index is 2.29. The van der Waals surface area contributed by atoms with Gasteiger partial charge in [-0.1, -0.05) is 63.1 Å². The van der Waals surface area contributed by atoms with Gasteiger partial charge in [-0.25, -0.2) is 0 Å². The van der Waals surface area contributed by atoms with Crippen molar-refractivity contribution >= 4 is 0 Å². The van der Waals surface area contributed by atoms with Crippen molar-refractivity contribution in [3.05, 3.63) is 62.1 Å². The average molecular weight is 427 g/mol. The first-order valence-corrected chi connectivity index (χ1v) is 6.82. The number of benzene rings is 1. The fourth-order valence-corrected chi connectivity index (χ4v) is 1.88. The molecule has 0 N–H and O–H groups in total. The third-order valence-electron chi connectivity index (χ3n) is 4.83. The molecule has 1 rings (SSSR count). The third kappa shape index (κ3) is 8.26. The predicted octanol–water partition coefficient (Wildman–Crippen LogP) is 6.36. The molecule has 0 atom stereocenters. The van der Waals surface area contributed by atoms with E-state index in [9.17, 15) is 0 Å². The fourth-order valence-electron chi connectivity index (χ4n) is 1.88. The van der Waals surface area contributed by atoms with Crippen molar-refractivity contribution in [1.82, 2.24) is 0 Å². The molecule has 0 unspecified atom stereocenters. The van der Waals surface area contributed by atoms with Crippen LogP contribution in [0.2, 0.25) is 0 Å². The van der Waals surface area contributed by atoms with Crippen LogP contribution in [-0.4, -0.2) is 0 Å². The minimum absolute atomic E-state index is 0. The van der Waals surface area contributed by atoms with Crippen molar-refractivity contribution in [1.29, 1.82) is 0 Å². The van der Waals surface area contributed by atoms with Gasteiger partial charge in [0.1, 0.15) is 0 Å². The van der Waals surface area contributed by atoms with Crippen LogP contribution in [0.15, 0.2) is 24.3 Å². The van der Waals surface area contributed by atoms with Crippen LogP contribution in [0.4, 0.5) is 0 Å². The van der Waals surface area contributed by atoms with Gasteiger partial charge in [0.15, 0.2) is 0 Å². The molecule has 3 radical (unpaired) electrons. The molecule has 0 saturated carbocycles. The van der Waals surface area contributed by atoms with E-state index in [4.69, 9.17) is 0 Å². The zero-order valence-corrected chi connectivity index (χ0v) is 20.8. The second-order valence-corrected chi connectivity index (χ2v) is 6.83. The summed E-state index contributed by atoms with van der Waals surface area (Å²) in [6, 6.07) is 9.14. The van der Waals surface area contributed by atoms with Crippen LogP contribution in [0.5, 0.6) is 0 Å². The van der Waals surface area contributed by atoms with Crippen molar-refractivity contribution in [2.75, 3.05) is 0 Å². The van der Waals surface area contributed by atoms with Crippen molar-refractivity contribution in [2.24, 2.45) is 0 Å². The Morgan fingerprint density at radius 2 is 0.783 bits per heavy atom.